The first-order valence-corrected chi connectivity index (χ1v) is 10.8. The Kier molecular flexibility index (Phi) is 7.21. The second-order valence-electron chi connectivity index (χ2n) is 9.10. The van der Waals surface area contributed by atoms with Crippen LogP contribution < -0.4 is 11.1 Å². The molecule has 1 aliphatic rings. The first kappa shape index (κ1) is 24.0. The Labute approximate surface area is 192 Å². The molecule has 1 aliphatic heterocycles. The molecule has 3 rings (SSSR count). The molecule has 1 aromatic heterocycles. The van der Waals surface area contributed by atoms with E-state index in [1.54, 1.807) is 9.58 Å². The minimum atomic E-state index is -0.665. The van der Waals surface area contributed by atoms with Crippen molar-refractivity contribution in [1.82, 2.24) is 14.7 Å². The smallest absolute Gasteiger partial charge is 0.410 e. The fraction of sp³-hybridized carbons (Fsp3) is 0.478. The molecule has 0 bridgehead atoms. The number of hydrogen-bond acceptors (Lipinski definition) is 6. The van der Waals surface area contributed by atoms with E-state index in [4.69, 9.17) is 10.5 Å². The molecule has 33 heavy (non-hydrogen) atoms. The summed E-state index contributed by atoms with van der Waals surface area (Å²) in [6, 6.07) is 7.54. The minimum Gasteiger partial charge on any atom is -0.444 e. The first-order valence-electron chi connectivity index (χ1n) is 10.8. The van der Waals surface area contributed by atoms with Crippen molar-refractivity contribution in [2.24, 2.45) is 11.7 Å². The molecule has 2 aromatic rings. The molecule has 3 N–H and O–H groups in total. The third kappa shape index (κ3) is 6.22. The molecule has 0 radical (unpaired) electrons. The lowest BCUT2D eigenvalue weighted by Crippen LogP contribution is -2.43. The Hall–Kier alpha value is -3.61. The highest BCUT2D eigenvalue weighted by atomic mass is 19.1. The van der Waals surface area contributed by atoms with E-state index in [-0.39, 0.29) is 41.7 Å². The first-order chi connectivity index (χ1) is 15.6. The monoisotopic (exact) mass is 456 g/mol. The third-order valence-electron chi connectivity index (χ3n) is 5.48. The van der Waals surface area contributed by atoms with E-state index in [9.17, 15) is 19.2 Å². The second kappa shape index (κ2) is 9.90. The van der Waals surface area contributed by atoms with Gasteiger partial charge in [0.25, 0.3) is 5.91 Å². The number of carbonyl (C=O) groups is 2. The summed E-state index contributed by atoms with van der Waals surface area (Å²) in [7, 11) is 0. The summed E-state index contributed by atoms with van der Waals surface area (Å²) in [5.74, 6) is -0.736. The molecular formula is C23H29FN6O3. The molecule has 2 heterocycles. The van der Waals surface area contributed by atoms with Gasteiger partial charge in [-0.2, -0.15) is 10.4 Å². The van der Waals surface area contributed by atoms with Gasteiger partial charge in [0.05, 0.1) is 18.5 Å². The van der Waals surface area contributed by atoms with E-state index in [0.29, 0.717) is 31.6 Å². The Balaban J connectivity index is 1.77. The van der Waals surface area contributed by atoms with Gasteiger partial charge in [-0.3, -0.25) is 9.48 Å². The van der Waals surface area contributed by atoms with Crippen LogP contribution in [0.3, 0.4) is 0 Å². The van der Waals surface area contributed by atoms with Crippen molar-refractivity contribution in [3.63, 3.8) is 0 Å². The van der Waals surface area contributed by atoms with E-state index in [0.717, 1.165) is 0 Å². The van der Waals surface area contributed by atoms with Crippen LogP contribution in [0.5, 0.6) is 0 Å². The highest BCUT2D eigenvalue weighted by Crippen LogP contribution is 2.33. The zero-order valence-corrected chi connectivity index (χ0v) is 19.0. The minimum absolute atomic E-state index is 0.0719. The van der Waals surface area contributed by atoms with Crippen molar-refractivity contribution in [2.45, 2.75) is 51.7 Å². The van der Waals surface area contributed by atoms with Crippen LogP contribution in [0.15, 0.2) is 30.5 Å². The summed E-state index contributed by atoms with van der Waals surface area (Å²) in [6.07, 6.45) is 2.71. The number of hydrogen-bond donors (Lipinski definition) is 2. The van der Waals surface area contributed by atoms with Crippen LogP contribution in [0.2, 0.25) is 0 Å². The number of nitrogens with zero attached hydrogens (tertiary/aromatic N) is 4. The molecule has 176 valence electrons. The zero-order chi connectivity index (χ0) is 24.2. The van der Waals surface area contributed by atoms with Gasteiger partial charge in [0, 0.05) is 25.0 Å². The third-order valence-corrected chi connectivity index (χ3v) is 5.48. The molecule has 0 saturated carbocycles. The molecule has 0 unspecified atom stereocenters. The molecular weight excluding hydrogens is 427 g/mol. The lowest BCUT2D eigenvalue weighted by molar-refractivity contribution is 0.0160. The number of nitriles is 1. The lowest BCUT2D eigenvalue weighted by Gasteiger charge is -2.36. The maximum Gasteiger partial charge on any atom is 0.410 e. The van der Waals surface area contributed by atoms with Crippen LogP contribution in [0.4, 0.5) is 20.7 Å². The number of halogens is 1. The van der Waals surface area contributed by atoms with Crippen molar-refractivity contribution < 1.29 is 18.7 Å². The highest BCUT2D eigenvalue weighted by molar-refractivity contribution is 5.98. The summed E-state index contributed by atoms with van der Waals surface area (Å²) >= 11 is 0. The van der Waals surface area contributed by atoms with Gasteiger partial charge in [-0.1, -0.05) is 0 Å². The van der Waals surface area contributed by atoms with Crippen LogP contribution >= 0.6 is 0 Å². The predicted molar refractivity (Wildman–Crippen MR) is 120 cm³/mol. The number of nitrogens with two attached hydrogens (primary N) is 1. The predicted octanol–water partition coefficient (Wildman–Crippen LogP) is 3.97. The van der Waals surface area contributed by atoms with Gasteiger partial charge in [0.2, 0.25) is 0 Å². The Morgan fingerprint density at radius 1 is 1.30 bits per heavy atom. The van der Waals surface area contributed by atoms with Gasteiger partial charge in [-0.15, -0.1) is 0 Å². The van der Waals surface area contributed by atoms with Crippen LogP contribution in [-0.4, -0.2) is 45.4 Å². The molecule has 1 aromatic carbocycles. The van der Waals surface area contributed by atoms with Gasteiger partial charge in [-0.25, -0.2) is 9.18 Å². The Morgan fingerprint density at radius 3 is 2.48 bits per heavy atom. The van der Waals surface area contributed by atoms with Crippen molar-refractivity contribution >= 4 is 23.5 Å². The number of rotatable bonds is 6. The van der Waals surface area contributed by atoms with Crippen LogP contribution in [0, 0.1) is 23.1 Å². The van der Waals surface area contributed by atoms with E-state index < -0.39 is 11.5 Å². The Morgan fingerprint density at radius 2 is 1.94 bits per heavy atom. The van der Waals surface area contributed by atoms with Crippen molar-refractivity contribution in [3.8, 4) is 6.07 Å². The average molecular weight is 457 g/mol. The maximum atomic E-state index is 13.2. The average Bonchev–Trinajstić information content (AvgIpc) is 3.16. The molecule has 0 spiro atoms. The van der Waals surface area contributed by atoms with Crippen LogP contribution in [0.25, 0.3) is 0 Å². The second-order valence-corrected chi connectivity index (χ2v) is 9.10. The number of benzene rings is 1. The number of aromatic nitrogens is 2. The normalized spacial score (nSPS) is 15.5. The molecule has 2 amide bonds. The summed E-state index contributed by atoms with van der Waals surface area (Å²) in [5.41, 5.74) is 5.70. The van der Waals surface area contributed by atoms with Gasteiger partial charge in [0.15, 0.2) is 5.82 Å². The summed E-state index contributed by atoms with van der Waals surface area (Å²) in [5, 5.41) is 16.9. The van der Waals surface area contributed by atoms with Gasteiger partial charge >= 0.3 is 6.09 Å². The number of likely N-dealkylation sites (tertiary alicyclic amines) is 1. The fourth-order valence-electron chi connectivity index (χ4n) is 3.87. The van der Waals surface area contributed by atoms with Crippen molar-refractivity contribution in [2.75, 3.05) is 18.4 Å². The number of anilines is 2. The lowest BCUT2D eigenvalue weighted by atomic mass is 9.88. The number of amides is 2. The summed E-state index contributed by atoms with van der Waals surface area (Å²) < 4.78 is 20.3. The SMILES string of the molecule is CC(C)(C)OC(=O)N1CCC([C@@H](CC#N)n2cc(C(N)=O)c(Nc3ccc(F)cc3)n2)CC1. The number of primary amides is 1. The number of piperidine rings is 1. The quantitative estimate of drug-likeness (QED) is 0.677. The summed E-state index contributed by atoms with van der Waals surface area (Å²) in [6.45, 7) is 6.49. The van der Waals surface area contributed by atoms with Crippen molar-refractivity contribution in [3.05, 3.63) is 41.8 Å². The molecule has 9 nitrogen and oxygen atoms in total. The molecule has 0 aliphatic carbocycles. The number of carbonyl (C=O) groups excluding carboxylic acids is 2. The van der Waals surface area contributed by atoms with E-state index in [2.05, 4.69) is 16.5 Å². The van der Waals surface area contributed by atoms with E-state index >= 15 is 0 Å². The Bertz CT molecular complexity index is 1030. The van der Waals surface area contributed by atoms with Crippen LogP contribution in [0.1, 0.15) is 56.4 Å². The highest BCUT2D eigenvalue weighted by Gasteiger charge is 2.32. The van der Waals surface area contributed by atoms with E-state index in [1.165, 1.54) is 30.5 Å². The summed E-state index contributed by atoms with van der Waals surface area (Å²) in [4.78, 5) is 26.0. The largest absolute Gasteiger partial charge is 0.444 e. The standard InChI is InChI=1S/C23H29FN6O3/c1-23(2,3)33-22(32)29-12-9-15(10-13-29)19(8-11-25)30-14-18(20(26)31)21(28-30)27-17-6-4-16(24)5-7-17/h4-7,14-15,19H,8-10,12-13H2,1-3H3,(H2,26,31)(H,27,28)/t19-/m1/s1. The molecule has 10 heteroatoms. The molecule has 1 fully saturated rings. The van der Waals surface area contributed by atoms with Crippen LogP contribution in [-0.2, 0) is 4.74 Å². The van der Waals surface area contributed by atoms with Gasteiger partial charge in [-0.05, 0) is 63.8 Å². The molecule has 1 atom stereocenters. The number of ether oxygens (including phenoxy) is 1. The zero-order valence-electron chi connectivity index (χ0n) is 19.0. The number of nitrogens with one attached hydrogen (secondary N) is 1. The van der Waals surface area contributed by atoms with Crippen molar-refractivity contribution in [1.29, 1.82) is 5.26 Å². The van der Waals surface area contributed by atoms with E-state index in [1.807, 2.05) is 20.8 Å². The molecule has 1 saturated heterocycles. The van der Waals surface area contributed by atoms with Gasteiger partial charge in [0.1, 0.15) is 17.0 Å². The fourth-order valence-corrected chi connectivity index (χ4v) is 3.87. The topological polar surface area (TPSA) is 126 Å². The van der Waals surface area contributed by atoms with Gasteiger partial charge < -0.3 is 20.7 Å². The maximum absolute atomic E-state index is 13.2.